The Hall–Kier alpha value is -2.45. The molecule has 0 atom stereocenters. The normalized spacial score (nSPS) is 15.0. The summed E-state index contributed by atoms with van der Waals surface area (Å²) in [7, 11) is -3.45. The molecule has 1 aliphatic rings. The van der Waals surface area contributed by atoms with Gasteiger partial charge in [0.15, 0.2) is 0 Å². The van der Waals surface area contributed by atoms with E-state index in [1.54, 1.807) is 40.5 Å². The predicted molar refractivity (Wildman–Crippen MR) is 103 cm³/mol. The van der Waals surface area contributed by atoms with Gasteiger partial charge in [0.25, 0.3) is 5.91 Å². The van der Waals surface area contributed by atoms with Gasteiger partial charge in [-0.1, -0.05) is 24.3 Å². The first kappa shape index (κ1) is 17.0. The van der Waals surface area contributed by atoms with Crippen LogP contribution < -0.4 is 4.72 Å². The number of nitrogens with one attached hydrogen (secondary N) is 1. The van der Waals surface area contributed by atoms with Crippen LogP contribution in [0.5, 0.6) is 0 Å². The largest absolute Gasteiger partial charge is 0.337 e. The van der Waals surface area contributed by atoms with Crippen molar-refractivity contribution in [2.45, 2.75) is 5.92 Å². The monoisotopic (exact) mass is 387 g/mol. The van der Waals surface area contributed by atoms with Crippen molar-refractivity contribution in [3.8, 4) is 0 Å². The van der Waals surface area contributed by atoms with E-state index >= 15 is 0 Å². The number of hydrogen-bond acceptors (Lipinski definition) is 5. The smallest absolute Gasteiger partial charge is 0.256 e. The highest BCUT2D eigenvalue weighted by Gasteiger charge is 2.35. The van der Waals surface area contributed by atoms with E-state index in [-0.39, 0.29) is 11.8 Å². The van der Waals surface area contributed by atoms with E-state index in [9.17, 15) is 13.2 Å². The van der Waals surface area contributed by atoms with Crippen LogP contribution in [0.25, 0.3) is 10.2 Å². The minimum atomic E-state index is -3.45. The number of likely N-dealkylation sites (tertiary alicyclic amines) is 1. The van der Waals surface area contributed by atoms with Gasteiger partial charge in [0.2, 0.25) is 10.0 Å². The maximum absolute atomic E-state index is 12.8. The van der Waals surface area contributed by atoms with E-state index in [4.69, 9.17) is 0 Å². The molecule has 1 amide bonds. The number of aromatic nitrogens is 1. The lowest BCUT2D eigenvalue weighted by atomic mass is 9.99. The van der Waals surface area contributed by atoms with Crippen LogP contribution >= 0.6 is 11.3 Å². The molecule has 0 unspecified atom stereocenters. The molecule has 1 N–H and O–H groups in total. The van der Waals surface area contributed by atoms with Crippen molar-refractivity contribution in [2.75, 3.05) is 24.1 Å². The van der Waals surface area contributed by atoms with Gasteiger partial charge in [0.1, 0.15) is 5.01 Å². The van der Waals surface area contributed by atoms with Gasteiger partial charge in [-0.05, 0) is 24.3 Å². The van der Waals surface area contributed by atoms with Gasteiger partial charge in [-0.2, -0.15) is 0 Å². The van der Waals surface area contributed by atoms with Crippen molar-refractivity contribution in [2.24, 2.45) is 0 Å². The number of carbonyl (C=O) groups is 1. The molecule has 0 bridgehead atoms. The zero-order chi connectivity index (χ0) is 18.3. The first-order valence-electron chi connectivity index (χ1n) is 8.12. The van der Waals surface area contributed by atoms with Crippen molar-refractivity contribution < 1.29 is 13.2 Å². The fourth-order valence-electron chi connectivity index (χ4n) is 2.99. The van der Waals surface area contributed by atoms with Crippen LogP contribution in [0, 0.1) is 0 Å². The molecule has 2 heterocycles. The molecule has 1 fully saturated rings. The second kappa shape index (κ2) is 6.37. The van der Waals surface area contributed by atoms with Crippen LogP contribution in [0.1, 0.15) is 21.3 Å². The molecule has 26 heavy (non-hydrogen) atoms. The maximum Gasteiger partial charge on any atom is 0.256 e. The Morgan fingerprint density at radius 1 is 1.15 bits per heavy atom. The van der Waals surface area contributed by atoms with E-state index < -0.39 is 10.0 Å². The van der Waals surface area contributed by atoms with Crippen LogP contribution in [0.3, 0.4) is 0 Å². The number of hydrogen-bond donors (Lipinski definition) is 1. The molecule has 0 saturated carbocycles. The second-order valence-electron chi connectivity index (χ2n) is 6.35. The summed E-state index contributed by atoms with van der Waals surface area (Å²) < 4.78 is 26.6. The van der Waals surface area contributed by atoms with Crippen LogP contribution in [0.2, 0.25) is 0 Å². The molecule has 8 heteroatoms. The minimum absolute atomic E-state index is 0.172. The lowest BCUT2D eigenvalue weighted by Crippen LogP contribution is -2.48. The van der Waals surface area contributed by atoms with Crippen LogP contribution in [-0.2, 0) is 10.0 Å². The maximum atomic E-state index is 12.8. The molecule has 0 spiro atoms. The van der Waals surface area contributed by atoms with Gasteiger partial charge in [0, 0.05) is 19.0 Å². The molecule has 0 radical (unpaired) electrons. The number of thiazole rings is 1. The van der Waals surface area contributed by atoms with Gasteiger partial charge in [-0.15, -0.1) is 11.3 Å². The third-order valence-corrected chi connectivity index (χ3v) is 6.07. The van der Waals surface area contributed by atoms with E-state index in [1.807, 2.05) is 24.3 Å². The number of anilines is 1. The summed E-state index contributed by atoms with van der Waals surface area (Å²) in [5.74, 6) is 0.0560. The fourth-order valence-corrected chi connectivity index (χ4v) is 4.62. The fraction of sp³-hybridized carbons (Fsp3) is 0.222. The minimum Gasteiger partial charge on any atom is -0.337 e. The second-order valence-corrected chi connectivity index (χ2v) is 9.16. The number of amides is 1. The first-order chi connectivity index (χ1) is 12.4. The van der Waals surface area contributed by atoms with Gasteiger partial charge in [-0.3, -0.25) is 9.52 Å². The molecule has 1 aliphatic heterocycles. The summed E-state index contributed by atoms with van der Waals surface area (Å²) in [4.78, 5) is 19.1. The molecule has 134 valence electrons. The molecule has 6 nitrogen and oxygen atoms in total. The van der Waals surface area contributed by atoms with Gasteiger partial charge >= 0.3 is 0 Å². The van der Waals surface area contributed by atoms with Crippen LogP contribution in [0.15, 0.2) is 48.5 Å². The summed E-state index contributed by atoms with van der Waals surface area (Å²) >= 11 is 1.66. The Morgan fingerprint density at radius 3 is 2.58 bits per heavy atom. The lowest BCUT2D eigenvalue weighted by molar-refractivity contribution is 0.0603. The van der Waals surface area contributed by atoms with Gasteiger partial charge in [0.05, 0.1) is 27.7 Å². The number of rotatable bonds is 4. The quantitative estimate of drug-likeness (QED) is 0.747. The molecule has 2 aromatic carbocycles. The molecular weight excluding hydrogens is 370 g/mol. The summed E-state index contributed by atoms with van der Waals surface area (Å²) in [5, 5.41) is 1.04. The first-order valence-corrected chi connectivity index (χ1v) is 10.8. The number of nitrogens with zero attached hydrogens (tertiary/aromatic N) is 2. The zero-order valence-electron chi connectivity index (χ0n) is 14.0. The number of benzene rings is 2. The van der Waals surface area contributed by atoms with Crippen molar-refractivity contribution in [1.29, 1.82) is 0 Å². The SMILES string of the molecule is CS(=O)(=O)Nc1ccccc1C(=O)N1CC(c2nc3ccccc3s2)C1. The standard InChI is InChI=1S/C18H17N3O3S2/c1-26(23,24)20-14-7-3-2-6-13(14)18(22)21-10-12(11-21)17-19-15-8-4-5-9-16(15)25-17/h2-9,12,20H,10-11H2,1H3. The Kier molecular flexibility index (Phi) is 4.16. The third kappa shape index (κ3) is 3.30. The van der Waals surface area contributed by atoms with Crippen molar-refractivity contribution in [1.82, 2.24) is 9.88 Å². The van der Waals surface area contributed by atoms with E-state index in [0.29, 0.717) is 24.3 Å². The van der Waals surface area contributed by atoms with Crippen LogP contribution in [-0.4, -0.2) is 43.6 Å². The van der Waals surface area contributed by atoms with Crippen LogP contribution in [0.4, 0.5) is 5.69 Å². The van der Waals surface area contributed by atoms with E-state index in [0.717, 1.165) is 21.5 Å². The molecule has 0 aliphatic carbocycles. The van der Waals surface area contributed by atoms with E-state index in [2.05, 4.69) is 9.71 Å². The summed E-state index contributed by atoms with van der Waals surface area (Å²) in [6.45, 7) is 1.18. The Bertz CT molecular complexity index is 1050. The Labute approximate surface area is 155 Å². The van der Waals surface area contributed by atoms with Crippen molar-refractivity contribution >= 4 is 43.2 Å². The highest BCUT2D eigenvalue weighted by atomic mass is 32.2. The molecular formula is C18H17N3O3S2. The predicted octanol–water partition coefficient (Wildman–Crippen LogP) is 2.91. The molecule has 4 rings (SSSR count). The number of fused-ring (bicyclic) bond motifs is 1. The summed E-state index contributed by atoms with van der Waals surface area (Å²) in [6.07, 6.45) is 1.07. The highest BCUT2D eigenvalue weighted by Crippen LogP contribution is 2.34. The molecule has 1 saturated heterocycles. The summed E-state index contributed by atoms with van der Waals surface area (Å²) in [5.41, 5.74) is 1.66. The highest BCUT2D eigenvalue weighted by molar-refractivity contribution is 7.92. The third-order valence-electron chi connectivity index (χ3n) is 4.28. The zero-order valence-corrected chi connectivity index (χ0v) is 15.7. The average molecular weight is 387 g/mol. The topological polar surface area (TPSA) is 79.4 Å². The average Bonchev–Trinajstić information content (AvgIpc) is 2.95. The Balaban J connectivity index is 1.50. The molecule has 3 aromatic rings. The van der Waals surface area contributed by atoms with E-state index in [1.165, 1.54) is 0 Å². The number of para-hydroxylation sites is 2. The Morgan fingerprint density at radius 2 is 1.85 bits per heavy atom. The molecule has 1 aromatic heterocycles. The summed E-state index contributed by atoms with van der Waals surface area (Å²) in [6, 6.07) is 14.7. The van der Waals surface area contributed by atoms with Gasteiger partial charge < -0.3 is 4.90 Å². The number of sulfonamides is 1. The number of carbonyl (C=O) groups excluding carboxylic acids is 1. The van der Waals surface area contributed by atoms with Crippen molar-refractivity contribution in [3.05, 3.63) is 59.1 Å². The van der Waals surface area contributed by atoms with Gasteiger partial charge in [-0.25, -0.2) is 13.4 Å². The lowest BCUT2D eigenvalue weighted by Gasteiger charge is -2.38. The van der Waals surface area contributed by atoms with Crippen molar-refractivity contribution in [3.63, 3.8) is 0 Å².